The topological polar surface area (TPSA) is 27.7 Å². The van der Waals surface area contributed by atoms with Crippen LogP contribution in [-0.2, 0) is 13.3 Å². The van der Waals surface area contributed by atoms with E-state index in [-0.39, 0.29) is 0 Å². The Bertz CT molecular complexity index is 247. The highest BCUT2D eigenvalue weighted by molar-refractivity contribution is 7.22. The Morgan fingerprint density at radius 3 is 1.93 bits per heavy atom. The molecule has 0 unspecified atom stereocenters. The standard InChI is InChI=1S/C10H18O3SSi/c1-4-11-15(12-5-2,13-6-3)10-8-7-9-14-10/h7-9H,4-6H2,1-3H3. The first kappa shape index (κ1) is 12.9. The van der Waals surface area contributed by atoms with Crippen molar-refractivity contribution >= 4 is 24.6 Å². The Morgan fingerprint density at radius 2 is 1.60 bits per heavy atom. The van der Waals surface area contributed by atoms with E-state index in [1.807, 2.05) is 38.3 Å². The van der Waals surface area contributed by atoms with Crippen molar-refractivity contribution in [1.82, 2.24) is 0 Å². The van der Waals surface area contributed by atoms with Crippen LogP contribution < -0.4 is 4.50 Å². The zero-order valence-electron chi connectivity index (χ0n) is 9.49. The van der Waals surface area contributed by atoms with Crippen molar-refractivity contribution in [2.45, 2.75) is 20.8 Å². The first-order valence-corrected chi connectivity index (χ1v) is 7.85. The van der Waals surface area contributed by atoms with E-state index in [1.165, 1.54) is 0 Å². The molecule has 0 atom stereocenters. The van der Waals surface area contributed by atoms with E-state index in [2.05, 4.69) is 0 Å². The zero-order chi connectivity index (χ0) is 11.1. The van der Waals surface area contributed by atoms with Gasteiger partial charge in [0.2, 0.25) is 0 Å². The van der Waals surface area contributed by atoms with Crippen molar-refractivity contribution < 1.29 is 13.3 Å². The minimum atomic E-state index is -2.60. The fourth-order valence-electron chi connectivity index (χ4n) is 1.36. The van der Waals surface area contributed by atoms with Crippen molar-refractivity contribution in [1.29, 1.82) is 0 Å². The van der Waals surface area contributed by atoms with Gasteiger partial charge in [-0.1, -0.05) is 6.07 Å². The van der Waals surface area contributed by atoms with Gasteiger partial charge < -0.3 is 13.3 Å². The van der Waals surface area contributed by atoms with Gasteiger partial charge in [-0.25, -0.2) is 0 Å². The molecule has 0 aromatic carbocycles. The van der Waals surface area contributed by atoms with E-state index in [4.69, 9.17) is 13.3 Å². The van der Waals surface area contributed by atoms with E-state index in [9.17, 15) is 0 Å². The van der Waals surface area contributed by atoms with Crippen molar-refractivity contribution in [2.24, 2.45) is 0 Å². The van der Waals surface area contributed by atoms with Gasteiger partial charge in [0.25, 0.3) is 0 Å². The summed E-state index contributed by atoms with van der Waals surface area (Å²) in [6.45, 7) is 7.74. The maximum atomic E-state index is 5.76. The van der Waals surface area contributed by atoms with Crippen LogP contribution in [0.15, 0.2) is 17.5 Å². The molecule has 15 heavy (non-hydrogen) atoms. The Balaban J connectivity index is 2.90. The Hall–Kier alpha value is -0.203. The Labute approximate surface area is 96.4 Å². The summed E-state index contributed by atoms with van der Waals surface area (Å²) < 4.78 is 18.4. The van der Waals surface area contributed by atoms with E-state index in [0.29, 0.717) is 19.8 Å². The molecule has 86 valence electrons. The van der Waals surface area contributed by atoms with E-state index < -0.39 is 8.80 Å². The average molecular weight is 246 g/mol. The molecule has 0 aliphatic carbocycles. The van der Waals surface area contributed by atoms with Crippen LogP contribution in [-0.4, -0.2) is 28.6 Å². The second kappa shape index (κ2) is 6.39. The monoisotopic (exact) mass is 246 g/mol. The molecule has 0 radical (unpaired) electrons. The lowest BCUT2D eigenvalue weighted by atomic mass is 10.7. The average Bonchev–Trinajstić information content (AvgIpc) is 2.72. The summed E-state index contributed by atoms with van der Waals surface area (Å²) in [4.78, 5) is 0. The largest absolute Gasteiger partial charge is 0.547 e. The second-order valence-electron chi connectivity index (χ2n) is 2.83. The smallest absolute Gasteiger partial charge is 0.370 e. The van der Waals surface area contributed by atoms with Crippen LogP contribution in [0.5, 0.6) is 0 Å². The second-order valence-corrected chi connectivity index (χ2v) is 6.66. The SMILES string of the molecule is CCO[Si](OCC)(OCC)c1cccs1. The van der Waals surface area contributed by atoms with E-state index >= 15 is 0 Å². The first-order valence-electron chi connectivity index (χ1n) is 5.24. The molecule has 5 heteroatoms. The number of rotatable bonds is 7. The number of thiophene rings is 1. The van der Waals surface area contributed by atoms with Gasteiger partial charge in [0.15, 0.2) is 0 Å². The van der Waals surface area contributed by atoms with Gasteiger partial charge in [0, 0.05) is 19.8 Å². The molecule has 1 aromatic rings. The molecule has 0 spiro atoms. The third kappa shape index (κ3) is 3.12. The molecular formula is C10H18O3SSi. The Kier molecular flexibility index (Phi) is 5.48. The van der Waals surface area contributed by atoms with Crippen molar-refractivity contribution in [3.8, 4) is 0 Å². The highest BCUT2D eigenvalue weighted by atomic mass is 32.1. The predicted molar refractivity (Wildman–Crippen MR) is 64.6 cm³/mol. The molecule has 0 amide bonds. The molecular weight excluding hydrogens is 228 g/mol. The normalized spacial score (nSPS) is 11.9. The van der Waals surface area contributed by atoms with Gasteiger partial charge in [-0.2, -0.15) is 0 Å². The third-order valence-electron chi connectivity index (χ3n) is 1.83. The van der Waals surface area contributed by atoms with Gasteiger partial charge in [-0.15, -0.1) is 11.3 Å². The van der Waals surface area contributed by atoms with Gasteiger partial charge >= 0.3 is 8.80 Å². The first-order chi connectivity index (χ1) is 7.29. The fraction of sp³-hybridized carbons (Fsp3) is 0.600. The highest BCUT2D eigenvalue weighted by Gasteiger charge is 2.44. The molecule has 0 fully saturated rings. The van der Waals surface area contributed by atoms with Crippen LogP contribution in [0.2, 0.25) is 0 Å². The quantitative estimate of drug-likeness (QED) is 0.689. The van der Waals surface area contributed by atoms with Crippen LogP contribution in [0, 0.1) is 0 Å². The van der Waals surface area contributed by atoms with Gasteiger partial charge in [0.05, 0.1) is 4.50 Å². The summed E-state index contributed by atoms with van der Waals surface area (Å²) in [5, 5.41) is 2.02. The lowest BCUT2D eigenvalue weighted by molar-refractivity contribution is 0.0866. The van der Waals surface area contributed by atoms with Crippen LogP contribution in [0.4, 0.5) is 0 Å². The van der Waals surface area contributed by atoms with Gasteiger partial charge in [-0.3, -0.25) is 0 Å². The fourth-order valence-corrected chi connectivity index (χ4v) is 5.25. The summed E-state index contributed by atoms with van der Waals surface area (Å²) in [6, 6.07) is 4.02. The lowest BCUT2D eigenvalue weighted by Gasteiger charge is -2.27. The highest BCUT2D eigenvalue weighted by Crippen LogP contribution is 2.13. The molecule has 3 nitrogen and oxygen atoms in total. The molecule has 0 saturated carbocycles. The van der Waals surface area contributed by atoms with Gasteiger partial charge in [0.1, 0.15) is 0 Å². The van der Waals surface area contributed by atoms with E-state index in [0.717, 1.165) is 4.50 Å². The molecule has 0 aliphatic rings. The maximum absolute atomic E-state index is 5.76. The zero-order valence-corrected chi connectivity index (χ0v) is 11.3. The molecule has 0 saturated heterocycles. The summed E-state index contributed by atoms with van der Waals surface area (Å²) in [5.74, 6) is 0. The summed E-state index contributed by atoms with van der Waals surface area (Å²) in [7, 11) is -2.60. The molecule has 1 rings (SSSR count). The van der Waals surface area contributed by atoms with Crippen LogP contribution in [0.25, 0.3) is 0 Å². The maximum Gasteiger partial charge on any atom is 0.547 e. The van der Waals surface area contributed by atoms with Crippen LogP contribution in [0.3, 0.4) is 0 Å². The summed E-state index contributed by atoms with van der Waals surface area (Å²) >= 11 is 1.64. The molecule has 1 heterocycles. The lowest BCUT2D eigenvalue weighted by Crippen LogP contribution is -2.55. The molecule has 0 bridgehead atoms. The molecule has 1 aromatic heterocycles. The summed E-state index contributed by atoms with van der Waals surface area (Å²) in [5.41, 5.74) is 0. The third-order valence-corrected chi connectivity index (χ3v) is 6.39. The number of hydrogen-bond donors (Lipinski definition) is 0. The minimum Gasteiger partial charge on any atom is -0.370 e. The van der Waals surface area contributed by atoms with Crippen molar-refractivity contribution in [3.05, 3.63) is 17.5 Å². The molecule has 0 N–H and O–H groups in total. The Morgan fingerprint density at radius 1 is 1.07 bits per heavy atom. The minimum absolute atomic E-state index is 0.615. The predicted octanol–water partition coefficient (Wildman–Crippen LogP) is 2.00. The van der Waals surface area contributed by atoms with Crippen LogP contribution in [0.1, 0.15) is 20.8 Å². The van der Waals surface area contributed by atoms with E-state index in [1.54, 1.807) is 11.3 Å². The summed E-state index contributed by atoms with van der Waals surface area (Å²) in [6.07, 6.45) is 0. The number of hydrogen-bond acceptors (Lipinski definition) is 4. The molecule has 0 aliphatic heterocycles. The van der Waals surface area contributed by atoms with Crippen molar-refractivity contribution in [3.63, 3.8) is 0 Å². The van der Waals surface area contributed by atoms with Gasteiger partial charge in [-0.05, 0) is 32.2 Å². The van der Waals surface area contributed by atoms with Crippen molar-refractivity contribution in [2.75, 3.05) is 19.8 Å². The van der Waals surface area contributed by atoms with Crippen LogP contribution >= 0.6 is 11.3 Å².